The van der Waals surface area contributed by atoms with E-state index >= 15 is 0 Å². The third-order valence-electron chi connectivity index (χ3n) is 3.34. The van der Waals surface area contributed by atoms with E-state index in [9.17, 15) is 0 Å². The first-order valence-corrected chi connectivity index (χ1v) is 6.50. The molecule has 0 saturated carbocycles. The Labute approximate surface area is 116 Å². The maximum atomic E-state index is 5.61. The van der Waals surface area contributed by atoms with Gasteiger partial charge in [0.15, 0.2) is 0 Å². The van der Waals surface area contributed by atoms with Crippen molar-refractivity contribution in [1.82, 2.24) is 5.32 Å². The molecule has 0 aliphatic heterocycles. The molecule has 4 heteroatoms. The molecule has 1 aromatic rings. The van der Waals surface area contributed by atoms with Crippen LogP contribution >= 0.6 is 0 Å². The zero-order valence-electron chi connectivity index (χ0n) is 12.7. The van der Waals surface area contributed by atoms with Gasteiger partial charge in [0, 0.05) is 13.2 Å². The average Bonchev–Trinajstić information content (AvgIpc) is 2.43. The van der Waals surface area contributed by atoms with Gasteiger partial charge < -0.3 is 19.5 Å². The van der Waals surface area contributed by atoms with Gasteiger partial charge in [0.25, 0.3) is 0 Å². The maximum Gasteiger partial charge on any atom is 0.122 e. The lowest BCUT2D eigenvalue weighted by Gasteiger charge is -2.34. The number of nitrogens with one attached hydrogen (secondary N) is 1. The summed E-state index contributed by atoms with van der Waals surface area (Å²) in [6.07, 6.45) is 0. The van der Waals surface area contributed by atoms with Gasteiger partial charge in [-0.3, -0.25) is 0 Å². The summed E-state index contributed by atoms with van der Waals surface area (Å²) < 4.78 is 16.3. The molecule has 0 radical (unpaired) electrons. The number of hydrogen-bond donors (Lipinski definition) is 1. The smallest absolute Gasteiger partial charge is 0.122 e. The fraction of sp³-hybridized carbons (Fsp3) is 0.600. The average molecular weight is 267 g/mol. The van der Waals surface area contributed by atoms with Gasteiger partial charge in [-0.1, -0.05) is 6.92 Å². The lowest BCUT2D eigenvalue weighted by molar-refractivity contribution is -0.0107. The predicted octanol–water partition coefficient (Wildman–Crippen LogP) is 2.78. The predicted molar refractivity (Wildman–Crippen MR) is 77.1 cm³/mol. The third-order valence-corrected chi connectivity index (χ3v) is 3.34. The van der Waals surface area contributed by atoms with Crippen LogP contribution in [0, 0.1) is 0 Å². The second-order valence-electron chi connectivity index (χ2n) is 4.94. The molecule has 0 bridgehead atoms. The maximum absolute atomic E-state index is 5.61. The van der Waals surface area contributed by atoms with Crippen molar-refractivity contribution < 1.29 is 14.2 Å². The van der Waals surface area contributed by atoms with Crippen molar-refractivity contribution in [3.63, 3.8) is 0 Å². The molecule has 1 unspecified atom stereocenters. The summed E-state index contributed by atoms with van der Waals surface area (Å²) in [6, 6.07) is 5.95. The molecule has 0 spiro atoms. The van der Waals surface area contributed by atoms with E-state index in [-0.39, 0.29) is 11.6 Å². The molecule has 0 amide bonds. The van der Waals surface area contributed by atoms with Crippen molar-refractivity contribution >= 4 is 0 Å². The van der Waals surface area contributed by atoms with Gasteiger partial charge in [-0.2, -0.15) is 0 Å². The first-order valence-electron chi connectivity index (χ1n) is 6.50. The molecule has 0 saturated heterocycles. The first-order chi connectivity index (χ1) is 8.98. The minimum absolute atomic E-state index is 0.0616. The second kappa shape index (κ2) is 6.78. The Hall–Kier alpha value is -1.26. The van der Waals surface area contributed by atoms with Crippen LogP contribution in [-0.4, -0.2) is 33.5 Å². The molecule has 0 heterocycles. The molecule has 19 heavy (non-hydrogen) atoms. The molecule has 0 fully saturated rings. The molecule has 1 N–H and O–H groups in total. The van der Waals surface area contributed by atoms with Crippen LogP contribution in [0.1, 0.15) is 32.4 Å². The summed E-state index contributed by atoms with van der Waals surface area (Å²) in [5.74, 6) is 1.56. The van der Waals surface area contributed by atoms with Crippen molar-refractivity contribution in [2.75, 3.05) is 27.9 Å². The molecular weight excluding hydrogens is 242 g/mol. The number of rotatable bonds is 7. The van der Waals surface area contributed by atoms with Crippen molar-refractivity contribution in [2.24, 2.45) is 0 Å². The molecule has 0 aliphatic rings. The minimum atomic E-state index is -0.326. The zero-order chi connectivity index (χ0) is 14.5. The van der Waals surface area contributed by atoms with Crippen molar-refractivity contribution in [2.45, 2.75) is 32.4 Å². The van der Waals surface area contributed by atoms with Gasteiger partial charge in [0.1, 0.15) is 11.5 Å². The standard InChI is InChI=1S/C15H25NO3/c1-7-16-14(15(2,3)19-6)11-8-12(17-4)10-13(9-11)18-5/h8-10,14,16H,7H2,1-6H3. The number of methoxy groups -OCH3 is 3. The minimum Gasteiger partial charge on any atom is -0.497 e. The highest BCUT2D eigenvalue weighted by molar-refractivity contribution is 5.40. The number of benzene rings is 1. The Morgan fingerprint density at radius 3 is 1.95 bits per heavy atom. The molecule has 4 nitrogen and oxygen atoms in total. The highest BCUT2D eigenvalue weighted by Crippen LogP contribution is 2.33. The van der Waals surface area contributed by atoms with Gasteiger partial charge in [0.05, 0.1) is 25.9 Å². The van der Waals surface area contributed by atoms with E-state index in [1.807, 2.05) is 18.2 Å². The molecule has 1 rings (SSSR count). The van der Waals surface area contributed by atoms with E-state index in [1.54, 1.807) is 21.3 Å². The summed E-state index contributed by atoms with van der Waals surface area (Å²) in [5, 5.41) is 3.46. The van der Waals surface area contributed by atoms with Gasteiger partial charge in [0.2, 0.25) is 0 Å². The second-order valence-corrected chi connectivity index (χ2v) is 4.94. The lowest BCUT2D eigenvalue weighted by Crippen LogP contribution is -2.40. The van der Waals surface area contributed by atoms with Crippen LogP contribution in [0.3, 0.4) is 0 Å². The van der Waals surface area contributed by atoms with Crippen LogP contribution in [-0.2, 0) is 4.74 Å². The van der Waals surface area contributed by atoms with Crippen molar-refractivity contribution in [3.05, 3.63) is 23.8 Å². The van der Waals surface area contributed by atoms with Crippen LogP contribution < -0.4 is 14.8 Å². The molecule has 1 aromatic carbocycles. The van der Waals surface area contributed by atoms with E-state index in [2.05, 4.69) is 26.1 Å². The Kier molecular flexibility index (Phi) is 5.63. The van der Waals surface area contributed by atoms with E-state index in [4.69, 9.17) is 14.2 Å². The highest BCUT2D eigenvalue weighted by atomic mass is 16.5. The van der Waals surface area contributed by atoms with E-state index < -0.39 is 0 Å². The summed E-state index contributed by atoms with van der Waals surface area (Å²) in [4.78, 5) is 0. The topological polar surface area (TPSA) is 39.7 Å². The van der Waals surface area contributed by atoms with E-state index in [0.29, 0.717) is 0 Å². The van der Waals surface area contributed by atoms with Gasteiger partial charge >= 0.3 is 0 Å². The van der Waals surface area contributed by atoms with Crippen LogP contribution in [0.4, 0.5) is 0 Å². The molecule has 0 aromatic heterocycles. The number of hydrogen-bond acceptors (Lipinski definition) is 4. The van der Waals surface area contributed by atoms with Gasteiger partial charge in [-0.05, 0) is 38.1 Å². The zero-order valence-corrected chi connectivity index (χ0v) is 12.7. The fourth-order valence-corrected chi connectivity index (χ4v) is 2.08. The SMILES string of the molecule is CCNC(c1cc(OC)cc(OC)c1)C(C)(C)OC. The molecule has 1 atom stereocenters. The Balaban J connectivity index is 3.21. The normalized spacial score (nSPS) is 13.2. The van der Waals surface area contributed by atoms with Crippen LogP contribution in [0.2, 0.25) is 0 Å². The van der Waals surface area contributed by atoms with Gasteiger partial charge in [-0.25, -0.2) is 0 Å². The van der Waals surface area contributed by atoms with Crippen molar-refractivity contribution in [1.29, 1.82) is 0 Å². The molecule has 108 valence electrons. The van der Waals surface area contributed by atoms with Crippen LogP contribution in [0.25, 0.3) is 0 Å². The first kappa shape index (κ1) is 15.8. The summed E-state index contributed by atoms with van der Waals surface area (Å²) in [5.41, 5.74) is 0.762. The van der Waals surface area contributed by atoms with E-state index in [0.717, 1.165) is 23.6 Å². The molecular formula is C15H25NO3. The highest BCUT2D eigenvalue weighted by Gasteiger charge is 2.30. The number of likely N-dealkylation sites (N-methyl/N-ethyl adjacent to an activating group) is 1. The quantitative estimate of drug-likeness (QED) is 0.824. The Bertz CT molecular complexity index is 382. The van der Waals surface area contributed by atoms with E-state index in [1.165, 1.54) is 0 Å². The lowest BCUT2D eigenvalue weighted by atomic mass is 9.91. The Morgan fingerprint density at radius 1 is 1.05 bits per heavy atom. The van der Waals surface area contributed by atoms with Crippen molar-refractivity contribution in [3.8, 4) is 11.5 Å². The summed E-state index contributed by atoms with van der Waals surface area (Å²) >= 11 is 0. The van der Waals surface area contributed by atoms with Gasteiger partial charge in [-0.15, -0.1) is 0 Å². The monoisotopic (exact) mass is 267 g/mol. The summed E-state index contributed by atoms with van der Waals surface area (Å²) in [6.45, 7) is 7.06. The number of ether oxygens (including phenoxy) is 3. The largest absolute Gasteiger partial charge is 0.497 e. The Morgan fingerprint density at radius 2 is 1.58 bits per heavy atom. The third kappa shape index (κ3) is 3.85. The summed E-state index contributed by atoms with van der Waals surface area (Å²) in [7, 11) is 5.03. The fourth-order valence-electron chi connectivity index (χ4n) is 2.08. The van der Waals surface area contributed by atoms with Crippen LogP contribution in [0.15, 0.2) is 18.2 Å². The van der Waals surface area contributed by atoms with Crippen LogP contribution in [0.5, 0.6) is 11.5 Å². The molecule has 0 aliphatic carbocycles.